The van der Waals surface area contributed by atoms with Crippen molar-refractivity contribution in [1.82, 2.24) is 0 Å². The van der Waals surface area contributed by atoms with E-state index in [4.69, 9.17) is 0 Å². The second-order valence-electron chi connectivity index (χ2n) is 4.61. The monoisotopic (exact) mass is 361 g/mol. The fourth-order valence-corrected chi connectivity index (χ4v) is 2.22. The number of alkyl halides is 3. The fraction of sp³-hybridized carbons (Fsp3) is 0.200. The zero-order valence-electron chi connectivity index (χ0n) is 11.0. The van der Waals surface area contributed by atoms with E-state index in [1.807, 2.05) is 0 Å². The highest BCUT2D eigenvalue weighted by molar-refractivity contribution is 9.10. The lowest BCUT2D eigenvalue weighted by Gasteiger charge is -2.17. The minimum absolute atomic E-state index is 0.297. The van der Waals surface area contributed by atoms with Gasteiger partial charge in [-0.2, -0.15) is 13.2 Å². The highest BCUT2D eigenvalue weighted by atomic mass is 79.9. The second kappa shape index (κ2) is 6.05. The number of hydrogen-bond donors (Lipinski definition) is 1. The van der Waals surface area contributed by atoms with Crippen LogP contribution in [-0.4, -0.2) is 0 Å². The van der Waals surface area contributed by atoms with Crippen molar-refractivity contribution in [1.29, 1.82) is 0 Å². The minimum atomic E-state index is -4.35. The van der Waals surface area contributed by atoms with E-state index in [-0.39, 0.29) is 6.04 Å². The summed E-state index contributed by atoms with van der Waals surface area (Å²) in [4.78, 5) is 0. The lowest BCUT2D eigenvalue weighted by molar-refractivity contribution is -0.137. The largest absolute Gasteiger partial charge is 0.416 e. The van der Waals surface area contributed by atoms with E-state index in [0.29, 0.717) is 15.7 Å². The maximum atomic E-state index is 13.7. The van der Waals surface area contributed by atoms with Crippen molar-refractivity contribution in [3.8, 4) is 0 Å². The standard InChI is InChI=1S/C15H12BrF4N/c1-9(21-14-7-6-12(16)8-13(14)17)10-2-4-11(5-3-10)15(18,19)20/h2-9,21H,1H3. The van der Waals surface area contributed by atoms with E-state index in [1.165, 1.54) is 18.2 Å². The maximum absolute atomic E-state index is 13.7. The molecule has 0 radical (unpaired) electrons. The van der Waals surface area contributed by atoms with Gasteiger partial charge < -0.3 is 5.32 Å². The van der Waals surface area contributed by atoms with E-state index in [2.05, 4.69) is 21.2 Å². The van der Waals surface area contributed by atoms with E-state index in [9.17, 15) is 17.6 Å². The first kappa shape index (κ1) is 15.8. The third kappa shape index (κ3) is 3.97. The van der Waals surface area contributed by atoms with Gasteiger partial charge in [-0.05, 0) is 42.8 Å². The highest BCUT2D eigenvalue weighted by Gasteiger charge is 2.30. The predicted molar refractivity (Wildman–Crippen MR) is 77.6 cm³/mol. The molecular formula is C15H12BrF4N. The summed E-state index contributed by atoms with van der Waals surface area (Å²) in [5, 5.41) is 2.93. The zero-order valence-corrected chi connectivity index (χ0v) is 12.6. The van der Waals surface area contributed by atoms with Gasteiger partial charge in [0.2, 0.25) is 0 Å². The van der Waals surface area contributed by atoms with Crippen LogP contribution < -0.4 is 5.32 Å². The Hall–Kier alpha value is -1.56. The van der Waals surface area contributed by atoms with Gasteiger partial charge in [0, 0.05) is 10.5 Å². The number of halogens is 5. The van der Waals surface area contributed by atoms with E-state index in [1.54, 1.807) is 19.1 Å². The molecular weight excluding hydrogens is 350 g/mol. The first-order valence-electron chi connectivity index (χ1n) is 6.16. The van der Waals surface area contributed by atoms with Crippen LogP contribution in [0, 0.1) is 5.82 Å². The van der Waals surface area contributed by atoms with Crippen LogP contribution in [0.25, 0.3) is 0 Å². The van der Waals surface area contributed by atoms with E-state index < -0.39 is 17.6 Å². The Balaban J connectivity index is 2.15. The lowest BCUT2D eigenvalue weighted by Crippen LogP contribution is -2.09. The fourth-order valence-electron chi connectivity index (χ4n) is 1.88. The minimum Gasteiger partial charge on any atom is -0.376 e. The molecule has 112 valence electrons. The molecule has 0 bridgehead atoms. The Morgan fingerprint density at radius 2 is 1.67 bits per heavy atom. The van der Waals surface area contributed by atoms with Crippen molar-refractivity contribution < 1.29 is 17.6 Å². The average Bonchev–Trinajstić information content (AvgIpc) is 2.41. The number of hydrogen-bond acceptors (Lipinski definition) is 1. The maximum Gasteiger partial charge on any atom is 0.416 e. The van der Waals surface area contributed by atoms with Gasteiger partial charge in [-0.1, -0.05) is 28.1 Å². The van der Waals surface area contributed by atoms with Crippen LogP contribution in [0.2, 0.25) is 0 Å². The van der Waals surface area contributed by atoms with Crippen molar-refractivity contribution in [2.75, 3.05) is 5.32 Å². The molecule has 0 aliphatic carbocycles. The van der Waals surface area contributed by atoms with E-state index >= 15 is 0 Å². The molecule has 2 aromatic carbocycles. The highest BCUT2D eigenvalue weighted by Crippen LogP contribution is 2.30. The van der Waals surface area contributed by atoms with Gasteiger partial charge >= 0.3 is 6.18 Å². The number of rotatable bonds is 3. The van der Waals surface area contributed by atoms with Crippen LogP contribution >= 0.6 is 15.9 Å². The molecule has 2 rings (SSSR count). The molecule has 0 aliphatic rings. The molecule has 0 fully saturated rings. The van der Waals surface area contributed by atoms with Crippen LogP contribution in [0.5, 0.6) is 0 Å². The van der Waals surface area contributed by atoms with Gasteiger partial charge in [0.15, 0.2) is 0 Å². The van der Waals surface area contributed by atoms with Gasteiger partial charge in [-0.25, -0.2) is 4.39 Å². The second-order valence-corrected chi connectivity index (χ2v) is 5.53. The van der Waals surface area contributed by atoms with Crippen LogP contribution in [0.3, 0.4) is 0 Å². The molecule has 6 heteroatoms. The smallest absolute Gasteiger partial charge is 0.376 e. The molecule has 0 aromatic heterocycles. The Morgan fingerprint density at radius 3 is 2.19 bits per heavy atom. The predicted octanol–water partition coefficient (Wildman–Crippen LogP) is 5.78. The molecule has 1 N–H and O–H groups in total. The summed E-state index contributed by atoms with van der Waals surface area (Å²) >= 11 is 3.16. The van der Waals surface area contributed by atoms with E-state index in [0.717, 1.165) is 12.1 Å². The number of anilines is 1. The van der Waals surface area contributed by atoms with Crippen molar-refractivity contribution in [3.05, 3.63) is 63.9 Å². The third-order valence-corrected chi connectivity index (χ3v) is 3.53. The quantitative estimate of drug-likeness (QED) is 0.683. The molecule has 0 heterocycles. The summed E-state index contributed by atoms with van der Waals surface area (Å²) in [6, 6.07) is 9.07. The van der Waals surface area contributed by atoms with Crippen LogP contribution in [0.1, 0.15) is 24.1 Å². The molecule has 0 saturated heterocycles. The van der Waals surface area contributed by atoms with Crippen LogP contribution in [0.15, 0.2) is 46.9 Å². The molecule has 0 aliphatic heterocycles. The summed E-state index contributed by atoms with van der Waals surface area (Å²) in [6.07, 6.45) is -4.35. The molecule has 1 atom stereocenters. The molecule has 0 spiro atoms. The van der Waals surface area contributed by atoms with Crippen molar-refractivity contribution in [2.45, 2.75) is 19.1 Å². The van der Waals surface area contributed by atoms with Gasteiger partial charge in [0.25, 0.3) is 0 Å². The van der Waals surface area contributed by atoms with Crippen molar-refractivity contribution >= 4 is 21.6 Å². The Kier molecular flexibility index (Phi) is 4.56. The summed E-state index contributed by atoms with van der Waals surface area (Å²) in [5.41, 5.74) is 0.240. The van der Waals surface area contributed by atoms with Crippen LogP contribution in [0.4, 0.5) is 23.2 Å². The Morgan fingerprint density at radius 1 is 1.05 bits per heavy atom. The summed E-state index contributed by atoms with van der Waals surface area (Å²) in [5.74, 6) is -0.428. The number of nitrogens with one attached hydrogen (secondary N) is 1. The molecule has 1 unspecified atom stereocenters. The molecule has 0 saturated carbocycles. The topological polar surface area (TPSA) is 12.0 Å². The zero-order chi connectivity index (χ0) is 15.6. The molecule has 2 aromatic rings. The van der Waals surface area contributed by atoms with Crippen molar-refractivity contribution in [2.24, 2.45) is 0 Å². The molecule has 21 heavy (non-hydrogen) atoms. The van der Waals surface area contributed by atoms with Gasteiger partial charge in [-0.15, -0.1) is 0 Å². The summed E-state index contributed by atoms with van der Waals surface area (Å²) in [6.45, 7) is 1.75. The Labute approximate surface area is 128 Å². The first-order valence-corrected chi connectivity index (χ1v) is 6.95. The summed E-state index contributed by atoms with van der Waals surface area (Å²) in [7, 11) is 0. The first-order chi connectivity index (χ1) is 9.77. The summed E-state index contributed by atoms with van der Waals surface area (Å²) < 4.78 is 51.8. The van der Waals surface area contributed by atoms with Gasteiger partial charge in [0.05, 0.1) is 11.3 Å². The number of benzene rings is 2. The Bertz CT molecular complexity index is 623. The van der Waals surface area contributed by atoms with Crippen LogP contribution in [-0.2, 0) is 6.18 Å². The molecule has 0 amide bonds. The third-order valence-electron chi connectivity index (χ3n) is 3.04. The average molecular weight is 362 g/mol. The van der Waals surface area contributed by atoms with Gasteiger partial charge in [-0.3, -0.25) is 0 Å². The normalized spacial score (nSPS) is 13.0. The molecule has 1 nitrogen and oxygen atoms in total. The van der Waals surface area contributed by atoms with Crippen molar-refractivity contribution in [3.63, 3.8) is 0 Å². The SMILES string of the molecule is CC(Nc1ccc(Br)cc1F)c1ccc(C(F)(F)F)cc1. The van der Waals surface area contributed by atoms with Gasteiger partial charge in [0.1, 0.15) is 5.82 Å². The lowest BCUT2D eigenvalue weighted by atomic mass is 10.1.